The minimum Gasteiger partial charge on any atom is -0.341 e. The number of amides is 2. The van der Waals surface area contributed by atoms with E-state index in [9.17, 15) is 9.59 Å². The molecule has 0 atom stereocenters. The van der Waals surface area contributed by atoms with Gasteiger partial charge in [0.25, 0.3) is 5.91 Å². The summed E-state index contributed by atoms with van der Waals surface area (Å²) in [5.41, 5.74) is 3.55. The molecule has 0 fully saturated rings. The predicted octanol–water partition coefficient (Wildman–Crippen LogP) is 2.43. The molecule has 6 nitrogen and oxygen atoms in total. The van der Waals surface area contributed by atoms with Crippen molar-refractivity contribution >= 4 is 40.3 Å². The molecule has 0 bridgehead atoms. The van der Waals surface area contributed by atoms with Gasteiger partial charge in [-0.3, -0.25) is 9.59 Å². The third kappa shape index (κ3) is 4.40. The van der Waals surface area contributed by atoms with Gasteiger partial charge in [-0.2, -0.15) is 8.75 Å². The van der Waals surface area contributed by atoms with Crippen molar-refractivity contribution in [2.24, 2.45) is 0 Å². The zero-order valence-electron chi connectivity index (χ0n) is 13.4. The summed E-state index contributed by atoms with van der Waals surface area (Å²) in [5.74, 6) is 5.54. The number of carbonyl (C=O) groups excluding carboxylic acids is 2. The molecule has 0 aliphatic heterocycles. The number of hydrogen-bond acceptors (Lipinski definition) is 5. The maximum absolute atomic E-state index is 12.1. The summed E-state index contributed by atoms with van der Waals surface area (Å²) < 4.78 is 8.22. The Kier molecular flexibility index (Phi) is 5.02. The molecule has 7 heteroatoms. The molecular formula is C18H14N4O2S. The minimum absolute atomic E-state index is 0.117. The van der Waals surface area contributed by atoms with Crippen LogP contribution in [0.25, 0.3) is 11.0 Å². The Bertz CT molecular complexity index is 983. The van der Waals surface area contributed by atoms with Gasteiger partial charge in [-0.15, -0.1) is 0 Å². The van der Waals surface area contributed by atoms with Gasteiger partial charge in [-0.05, 0) is 42.5 Å². The van der Waals surface area contributed by atoms with Crippen molar-refractivity contribution in [1.29, 1.82) is 0 Å². The lowest BCUT2D eigenvalue weighted by Gasteiger charge is -2.01. The molecule has 2 amide bonds. The van der Waals surface area contributed by atoms with Crippen molar-refractivity contribution in [3.63, 3.8) is 0 Å². The molecule has 0 aliphatic rings. The van der Waals surface area contributed by atoms with Crippen LogP contribution >= 0.6 is 11.7 Å². The maximum atomic E-state index is 12.1. The standard InChI is InChI=1S/C18H14N4O2S/c1-12(23)20-15-7-4-13(5-8-15)3-2-10-19-18(24)14-6-9-16-17(11-14)22-25-21-16/h4-9,11H,10H2,1H3,(H,19,24)(H,20,23). The highest BCUT2D eigenvalue weighted by molar-refractivity contribution is 7.00. The second kappa shape index (κ2) is 7.55. The van der Waals surface area contributed by atoms with Gasteiger partial charge in [0.15, 0.2) is 0 Å². The van der Waals surface area contributed by atoms with Crippen LogP contribution in [0.4, 0.5) is 5.69 Å². The molecule has 0 spiro atoms. The number of aromatic nitrogens is 2. The van der Waals surface area contributed by atoms with E-state index in [4.69, 9.17) is 0 Å². The Hall–Kier alpha value is -3.24. The van der Waals surface area contributed by atoms with E-state index < -0.39 is 0 Å². The SMILES string of the molecule is CC(=O)Nc1ccc(C#CCNC(=O)c2ccc3nsnc3c2)cc1. The largest absolute Gasteiger partial charge is 0.341 e. The quantitative estimate of drug-likeness (QED) is 0.711. The summed E-state index contributed by atoms with van der Waals surface area (Å²) in [6.45, 7) is 1.69. The molecule has 2 aromatic carbocycles. The van der Waals surface area contributed by atoms with Crippen LogP contribution in [0.5, 0.6) is 0 Å². The van der Waals surface area contributed by atoms with Crippen LogP contribution in [-0.2, 0) is 4.79 Å². The fourth-order valence-electron chi connectivity index (χ4n) is 2.14. The molecule has 1 heterocycles. The van der Waals surface area contributed by atoms with Crippen LogP contribution in [0.1, 0.15) is 22.8 Å². The first-order chi connectivity index (χ1) is 12.1. The van der Waals surface area contributed by atoms with Crippen LogP contribution in [0.15, 0.2) is 42.5 Å². The van der Waals surface area contributed by atoms with E-state index >= 15 is 0 Å². The number of nitrogens with one attached hydrogen (secondary N) is 2. The molecule has 3 aromatic rings. The van der Waals surface area contributed by atoms with Gasteiger partial charge >= 0.3 is 0 Å². The summed E-state index contributed by atoms with van der Waals surface area (Å²) in [4.78, 5) is 23.1. The van der Waals surface area contributed by atoms with Gasteiger partial charge < -0.3 is 10.6 Å². The molecule has 0 saturated heterocycles. The number of nitrogens with zero attached hydrogens (tertiary/aromatic N) is 2. The Labute approximate surface area is 148 Å². The molecule has 0 aliphatic carbocycles. The lowest BCUT2D eigenvalue weighted by Crippen LogP contribution is -2.23. The topological polar surface area (TPSA) is 84.0 Å². The first-order valence-electron chi connectivity index (χ1n) is 7.49. The maximum Gasteiger partial charge on any atom is 0.252 e. The molecule has 124 valence electrons. The number of carbonyl (C=O) groups is 2. The highest BCUT2D eigenvalue weighted by Gasteiger charge is 2.06. The molecule has 25 heavy (non-hydrogen) atoms. The third-order valence-electron chi connectivity index (χ3n) is 3.29. The fraction of sp³-hybridized carbons (Fsp3) is 0.111. The second-order valence-corrected chi connectivity index (χ2v) is 5.74. The van der Waals surface area contributed by atoms with Gasteiger partial charge in [0, 0.05) is 23.7 Å². The molecule has 1 aromatic heterocycles. The molecular weight excluding hydrogens is 336 g/mol. The number of fused-ring (bicyclic) bond motifs is 1. The number of rotatable bonds is 3. The van der Waals surface area contributed by atoms with E-state index in [0.717, 1.165) is 28.5 Å². The van der Waals surface area contributed by atoms with Crippen LogP contribution in [-0.4, -0.2) is 27.1 Å². The second-order valence-electron chi connectivity index (χ2n) is 5.21. The van der Waals surface area contributed by atoms with Crippen LogP contribution in [0.3, 0.4) is 0 Å². The Balaban J connectivity index is 1.56. The zero-order valence-corrected chi connectivity index (χ0v) is 14.2. The van der Waals surface area contributed by atoms with Crippen molar-refractivity contribution in [2.75, 3.05) is 11.9 Å². The Morgan fingerprint density at radius 2 is 1.84 bits per heavy atom. The summed E-state index contributed by atoms with van der Waals surface area (Å²) in [7, 11) is 0. The van der Waals surface area contributed by atoms with Crippen LogP contribution < -0.4 is 10.6 Å². The van der Waals surface area contributed by atoms with Crippen molar-refractivity contribution in [2.45, 2.75) is 6.92 Å². The molecule has 3 rings (SSSR count). The van der Waals surface area contributed by atoms with Crippen molar-refractivity contribution in [3.05, 3.63) is 53.6 Å². The summed E-state index contributed by atoms with van der Waals surface area (Å²) in [6, 6.07) is 12.4. The summed E-state index contributed by atoms with van der Waals surface area (Å²) >= 11 is 1.12. The average Bonchev–Trinajstić information content (AvgIpc) is 3.07. The Morgan fingerprint density at radius 1 is 1.08 bits per heavy atom. The van der Waals surface area contributed by atoms with E-state index in [1.165, 1.54) is 6.92 Å². The minimum atomic E-state index is -0.204. The lowest BCUT2D eigenvalue weighted by molar-refractivity contribution is -0.114. The van der Waals surface area contributed by atoms with Gasteiger partial charge in [-0.1, -0.05) is 11.8 Å². The van der Waals surface area contributed by atoms with Crippen LogP contribution in [0, 0.1) is 11.8 Å². The fourth-order valence-corrected chi connectivity index (χ4v) is 2.65. The normalized spacial score (nSPS) is 9.96. The first-order valence-corrected chi connectivity index (χ1v) is 8.22. The first kappa shape index (κ1) is 16.6. The number of benzene rings is 2. The van der Waals surface area contributed by atoms with Crippen molar-refractivity contribution in [3.8, 4) is 11.8 Å². The van der Waals surface area contributed by atoms with Gasteiger partial charge in [0.1, 0.15) is 11.0 Å². The highest BCUT2D eigenvalue weighted by Crippen LogP contribution is 2.13. The zero-order chi connectivity index (χ0) is 17.6. The van der Waals surface area contributed by atoms with Crippen LogP contribution in [0.2, 0.25) is 0 Å². The average molecular weight is 350 g/mol. The van der Waals surface area contributed by atoms with E-state index in [-0.39, 0.29) is 18.4 Å². The number of anilines is 1. The molecule has 0 saturated carbocycles. The van der Waals surface area contributed by atoms with E-state index in [1.807, 2.05) is 12.1 Å². The molecule has 0 radical (unpaired) electrons. The van der Waals surface area contributed by atoms with E-state index in [2.05, 4.69) is 31.2 Å². The summed E-state index contributed by atoms with van der Waals surface area (Å²) in [6.07, 6.45) is 0. The van der Waals surface area contributed by atoms with Gasteiger partial charge in [-0.25, -0.2) is 0 Å². The predicted molar refractivity (Wildman–Crippen MR) is 97.4 cm³/mol. The van der Waals surface area contributed by atoms with Gasteiger partial charge in [0.2, 0.25) is 5.91 Å². The molecule has 2 N–H and O–H groups in total. The smallest absolute Gasteiger partial charge is 0.252 e. The monoisotopic (exact) mass is 350 g/mol. The molecule has 0 unspecified atom stereocenters. The number of hydrogen-bond donors (Lipinski definition) is 2. The van der Waals surface area contributed by atoms with E-state index in [1.54, 1.807) is 30.3 Å². The Morgan fingerprint density at radius 3 is 2.60 bits per heavy atom. The lowest BCUT2D eigenvalue weighted by atomic mass is 10.2. The van der Waals surface area contributed by atoms with Crippen molar-refractivity contribution in [1.82, 2.24) is 14.1 Å². The van der Waals surface area contributed by atoms with Crippen molar-refractivity contribution < 1.29 is 9.59 Å². The van der Waals surface area contributed by atoms with E-state index in [0.29, 0.717) is 11.1 Å². The van der Waals surface area contributed by atoms with Gasteiger partial charge in [0.05, 0.1) is 18.3 Å². The highest BCUT2D eigenvalue weighted by atomic mass is 32.1. The summed E-state index contributed by atoms with van der Waals surface area (Å²) in [5, 5.41) is 5.44. The third-order valence-corrected chi connectivity index (χ3v) is 3.85.